The number of aryl methyl sites for hydroxylation is 1. The first-order chi connectivity index (χ1) is 12.2. The van der Waals surface area contributed by atoms with Gasteiger partial charge in [-0.2, -0.15) is 10.1 Å². The van der Waals surface area contributed by atoms with Gasteiger partial charge in [0.05, 0.1) is 18.3 Å². The first-order valence-corrected chi connectivity index (χ1v) is 8.62. The fourth-order valence-electron chi connectivity index (χ4n) is 2.98. The van der Waals surface area contributed by atoms with Crippen molar-refractivity contribution in [2.24, 2.45) is 7.05 Å². The molecule has 9 nitrogen and oxygen atoms in total. The lowest BCUT2D eigenvalue weighted by atomic mass is 10.1. The second kappa shape index (κ2) is 8.21. The number of aromatic nitrogens is 5. The van der Waals surface area contributed by atoms with E-state index in [1.54, 1.807) is 18.1 Å². The van der Waals surface area contributed by atoms with Gasteiger partial charge in [0.15, 0.2) is 0 Å². The van der Waals surface area contributed by atoms with E-state index in [-0.39, 0.29) is 6.04 Å². The SMILES string of the molecule is COCCNc1nc2c(c(N[C@@H](C)c3ncnn3C)n1)CCNCC2. The van der Waals surface area contributed by atoms with Gasteiger partial charge >= 0.3 is 0 Å². The molecule has 25 heavy (non-hydrogen) atoms. The molecule has 0 spiro atoms. The Morgan fingerprint density at radius 2 is 2.16 bits per heavy atom. The Morgan fingerprint density at radius 3 is 2.92 bits per heavy atom. The van der Waals surface area contributed by atoms with Crippen LogP contribution in [0.4, 0.5) is 11.8 Å². The summed E-state index contributed by atoms with van der Waals surface area (Å²) in [6, 6.07) is -0.00506. The summed E-state index contributed by atoms with van der Waals surface area (Å²) >= 11 is 0. The van der Waals surface area contributed by atoms with Gasteiger partial charge in [-0.15, -0.1) is 0 Å². The van der Waals surface area contributed by atoms with Crippen LogP contribution in [0.15, 0.2) is 6.33 Å². The first kappa shape index (κ1) is 17.6. The molecule has 0 amide bonds. The van der Waals surface area contributed by atoms with Crippen LogP contribution >= 0.6 is 0 Å². The summed E-state index contributed by atoms with van der Waals surface area (Å²) < 4.78 is 6.87. The average Bonchev–Trinajstić information content (AvgIpc) is 2.88. The highest BCUT2D eigenvalue weighted by Crippen LogP contribution is 2.25. The Morgan fingerprint density at radius 1 is 1.32 bits per heavy atom. The summed E-state index contributed by atoms with van der Waals surface area (Å²) in [6.07, 6.45) is 3.36. The maximum absolute atomic E-state index is 5.09. The van der Waals surface area contributed by atoms with Crippen LogP contribution in [0.2, 0.25) is 0 Å². The summed E-state index contributed by atoms with van der Waals surface area (Å²) in [5, 5.41) is 14.3. The topological polar surface area (TPSA) is 102 Å². The predicted molar refractivity (Wildman–Crippen MR) is 95.7 cm³/mol. The molecule has 3 heterocycles. The highest BCUT2D eigenvalue weighted by atomic mass is 16.5. The summed E-state index contributed by atoms with van der Waals surface area (Å²) in [7, 11) is 3.57. The number of hydrogen-bond donors (Lipinski definition) is 3. The predicted octanol–water partition coefficient (Wildman–Crippen LogP) is 0.525. The number of nitrogens with one attached hydrogen (secondary N) is 3. The third-order valence-corrected chi connectivity index (χ3v) is 4.26. The van der Waals surface area contributed by atoms with E-state index in [1.165, 1.54) is 5.56 Å². The van der Waals surface area contributed by atoms with E-state index >= 15 is 0 Å². The Bertz CT molecular complexity index is 701. The zero-order chi connectivity index (χ0) is 17.6. The minimum atomic E-state index is -0.00506. The number of fused-ring (bicyclic) bond motifs is 1. The maximum atomic E-state index is 5.09. The highest BCUT2D eigenvalue weighted by Gasteiger charge is 2.19. The molecule has 0 unspecified atom stereocenters. The molecule has 1 aliphatic heterocycles. The molecule has 9 heteroatoms. The molecule has 2 aromatic rings. The third-order valence-electron chi connectivity index (χ3n) is 4.26. The summed E-state index contributed by atoms with van der Waals surface area (Å²) in [5.41, 5.74) is 2.27. The zero-order valence-electron chi connectivity index (χ0n) is 15.0. The monoisotopic (exact) mass is 346 g/mol. The molecular weight excluding hydrogens is 320 g/mol. The highest BCUT2D eigenvalue weighted by molar-refractivity contribution is 5.52. The van der Waals surface area contributed by atoms with E-state index in [9.17, 15) is 0 Å². The lowest BCUT2D eigenvalue weighted by Gasteiger charge is -2.19. The quantitative estimate of drug-likeness (QED) is 0.624. The van der Waals surface area contributed by atoms with Crippen molar-refractivity contribution in [2.75, 3.05) is 44.0 Å². The molecule has 1 aliphatic rings. The summed E-state index contributed by atoms with van der Waals surface area (Å²) in [6.45, 7) is 5.21. The Kier molecular flexibility index (Phi) is 5.77. The molecule has 3 N–H and O–H groups in total. The molecule has 0 saturated heterocycles. The van der Waals surface area contributed by atoms with Gasteiger partial charge < -0.3 is 20.7 Å². The molecule has 0 aliphatic carbocycles. The molecule has 0 aromatic carbocycles. The van der Waals surface area contributed by atoms with Gasteiger partial charge in [-0.05, 0) is 19.9 Å². The van der Waals surface area contributed by atoms with E-state index in [0.717, 1.165) is 43.3 Å². The maximum Gasteiger partial charge on any atom is 0.224 e. The van der Waals surface area contributed by atoms with Gasteiger partial charge in [0.1, 0.15) is 18.0 Å². The van der Waals surface area contributed by atoms with Crippen molar-refractivity contribution in [3.63, 3.8) is 0 Å². The van der Waals surface area contributed by atoms with Crippen LogP contribution in [0.1, 0.15) is 30.0 Å². The summed E-state index contributed by atoms with van der Waals surface area (Å²) in [5.74, 6) is 2.36. The number of methoxy groups -OCH3 is 1. The molecule has 0 fully saturated rings. The fraction of sp³-hybridized carbons (Fsp3) is 0.625. The van der Waals surface area contributed by atoms with Crippen molar-refractivity contribution < 1.29 is 4.74 Å². The van der Waals surface area contributed by atoms with Gasteiger partial charge in [0.25, 0.3) is 0 Å². The molecular formula is C16H26N8O. The number of nitrogens with zero attached hydrogens (tertiary/aromatic N) is 5. The van der Waals surface area contributed by atoms with Crippen molar-refractivity contribution in [3.05, 3.63) is 23.4 Å². The molecule has 0 radical (unpaired) electrons. The molecule has 2 aromatic heterocycles. The Balaban J connectivity index is 1.87. The minimum Gasteiger partial charge on any atom is -0.383 e. The van der Waals surface area contributed by atoms with E-state index in [4.69, 9.17) is 14.7 Å². The van der Waals surface area contributed by atoms with Gasteiger partial charge in [-0.25, -0.2) is 9.97 Å². The molecule has 0 saturated carbocycles. The lowest BCUT2D eigenvalue weighted by Crippen LogP contribution is -2.18. The van der Waals surface area contributed by atoms with Crippen LogP contribution < -0.4 is 16.0 Å². The van der Waals surface area contributed by atoms with Gasteiger partial charge in [-0.1, -0.05) is 0 Å². The molecule has 0 bridgehead atoms. The Hall–Kier alpha value is -2.26. The van der Waals surface area contributed by atoms with Crippen molar-refractivity contribution in [1.82, 2.24) is 30.0 Å². The van der Waals surface area contributed by atoms with Crippen LogP contribution in [0, 0.1) is 0 Å². The van der Waals surface area contributed by atoms with Crippen LogP contribution in [-0.4, -0.2) is 58.1 Å². The van der Waals surface area contributed by atoms with Crippen molar-refractivity contribution in [2.45, 2.75) is 25.8 Å². The van der Waals surface area contributed by atoms with Gasteiger partial charge in [0.2, 0.25) is 5.95 Å². The van der Waals surface area contributed by atoms with Crippen molar-refractivity contribution in [3.8, 4) is 0 Å². The standard InChI is InChI=1S/C16H26N8O/c1-11(15-19-10-20-24(15)2)21-14-12-4-6-17-7-5-13(12)22-16(23-14)18-8-9-25-3/h10-11,17H,4-9H2,1-3H3,(H2,18,21,22,23)/t11-/m0/s1. The largest absolute Gasteiger partial charge is 0.383 e. The molecule has 136 valence electrons. The van der Waals surface area contributed by atoms with E-state index in [2.05, 4.69) is 33.0 Å². The number of anilines is 2. The van der Waals surface area contributed by atoms with Crippen molar-refractivity contribution in [1.29, 1.82) is 0 Å². The minimum absolute atomic E-state index is 0.00506. The number of rotatable bonds is 7. The Labute approximate surface area is 147 Å². The normalized spacial score (nSPS) is 15.3. The third kappa shape index (κ3) is 4.23. The zero-order valence-corrected chi connectivity index (χ0v) is 15.0. The molecule has 1 atom stereocenters. The smallest absolute Gasteiger partial charge is 0.224 e. The average molecular weight is 346 g/mol. The number of hydrogen-bond acceptors (Lipinski definition) is 8. The van der Waals surface area contributed by atoms with Gasteiger partial charge in [0, 0.05) is 39.2 Å². The second-order valence-electron chi connectivity index (χ2n) is 6.10. The number of ether oxygens (including phenoxy) is 1. The molecule has 3 rings (SSSR count). The van der Waals surface area contributed by atoms with Crippen LogP contribution in [-0.2, 0) is 24.6 Å². The van der Waals surface area contributed by atoms with Crippen molar-refractivity contribution >= 4 is 11.8 Å². The fourth-order valence-corrected chi connectivity index (χ4v) is 2.98. The lowest BCUT2D eigenvalue weighted by molar-refractivity contribution is 0.210. The van der Waals surface area contributed by atoms with Gasteiger partial charge in [-0.3, -0.25) is 4.68 Å². The summed E-state index contributed by atoms with van der Waals surface area (Å²) in [4.78, 5) is 13.7. The second-order valence-corrected chi connectivity index (χ2v) is 6.10. The van der Waals surface area contributed by atoms with E-state index < -0.39 is 0 Å². The van der Waals surface area contributed by atoms with Crippen LogP contribution in [0.25, 0.3) is 0 Å². The van der Waals surface area contributed by atoms with E-state index in [1.807, 2.05) is 7.05 Å². The first-order valence-electron chi connectivity index (χ1n) is 8.62. The van der Waals surface area contributed by atoms with Crippen LogP contribution in [0.5, 0.6) is 0 Å². The van der Waals surface area contributed by atoms with E-state index in [0.29, 0.717) is 19.1 Å². The van der Waals surface area contributed by atoms with Crippen LogP contribution in [0.3, 0.4) is 0 Å².